The molecule has 0 amide bonds. The molecule has 1 rings (SSSR count). The summed E-state index contributed by atoms with van der Waals surface area (Å²) in [6.07, 6.45) is 1.29. The second-order valence-electron chi connectivity index (χ2n) is 2.67. The van der Waals surface area contributed by atoms with Crippen LogP contribution in [0.3, 0.4) is 0 Å². The molecular weight excluding hydrogens is 252 g/mol. The van der Waals surface area contributed by atoms with Crippen LogP contribution in [0.25, 0.3) is 0 Å². The van der Waals surface area contributed by atoms with Crippen molar-refractivity contribution < 1.29 is 9.90 Å². The van der Waals surface area contributed by atoms with E-state index in [4.69, 9.17) is 5.11 Å². The molecule has 0 unspecified atom stereocenters. The number of carbonyl (C=O) groups is 1. The number of nitrogens with zero attached hydrogens (tertiary/aromatic N) is 2. The Kier molecular flexibility index (Phi) is 6.04. The first-order valence-electron chi connectivity index (χ1n) is 4.53. The molecule has 0 aliphatic rings. The fourth-order valence-corrected chi connectivity index (χ4v) is 3.67. The molecule has 4 nitrogen and oxygen atoms in total. The lowest BCUT2D eigenvalue weighted by atomic mass is 10.5. The minimum atomic E-state index is -0.771. The minimum absolute atomic E-state index is 0.168. The van der Waals surface area contributed by atoms with Gasteiger partial charge in [0.25, 0.3) is 0 Å². The number of carboxylic acid groups (broad SMARTS) is 1. The standard InChI is InChI=1S/C8H12N2O2S3/c1-2-4-13-7-9-10-8(15-7)14-5-3-6(11)12/h2-5H2,1H3,(H,11,12). The van der Waals surface area contributed by atoms with Gasteiger partial charge in [-0.1, -0.05) is 41.8 Å². The highest BCUT2D eigenvalue weighted by Crippen LogP contribution is 2.29. The quantitative estimate of drug-likeness (QED) is 0.764. The summed E-state index contributed by atoms with van der Waals surface area (Å²) in [7, 11) is 0. The summed E-state index contributed by atoms with van der Waals surface area (Å²) in [4.78, 5) is 10.3. The van der Waals surface area contributed by atoms with Crippen LogP contribution in [-0.4, -0.2) is 32.8 Å². The maximum Gasteiger partial charge on any atom is 0.304 e. The predicted octanol–water partition coefficient (Wildman–Crippen LogP) is 2.61. The van der Waals surface area contributed by atoms with Crippen molar-refractivity contribution in [2.45, 2.75) is 28.4 Å². The highest BCUT2D eigenvalue weighted by molar-refractivity contribution is 8.03. The van der Waals surface area contributed by atoms with E-state index in [2.05, 4.69) is 17.1 Å². The normalized spacial score (nSPS) is 10.5. The third-order valence-corrected chi connectivity index (χ3v) is 4.76. The molecule has 0 saturated heterocycles. The topological polar surface area (TPSA) is 63.1 Å². The second-order valence-corrected chi connectivity index (χ2v) is 6.34. The monoisotopic (exact) mass is 264 g/mol. The molecule has 1 heterocycles. The summed E-state index contributed by atoms with van der Waals surface area (Å²) >= 11 is 4.69. The first kappa shape index (κ1) is 12.8. The van der Waals surface area contributed by atoms with Crippen LogP contribution in [0, 0.1) is 0 Å². The van der Waals surface area contributed by atoms with Crippen LogP contribution >= 0.6 is 34.9 Å². The van der Waals surface area contributed by atoms with Gasteiger partial charge in [-0.2, -0.15) is 0 Å². The van der Waals surface area contributed by atoms with Crippen LogP contribution in [-0.2, 0) is 4.79 Å². The highest BCUT2D eigenvalue weighted by atomic mass is 32.2. The van der Waals surface area contributed by atoms with Gasteiger partial charge in [0.15, 0.2) is 8.68 Å². The van der Waals surface area contributed by atoms with Gasteiger partial charge in [0.2, 0.25) is 0 Å². The Morgan fingerprint density at radius 2 is 1.93 bits per heavy atom. The molecule has 0 radical (unpaired) electrons. The first-order chi connectivity index (χ1) is 7.22. The molecule has 0 spiro atoms. The largest absolute Gasteiger partial charge is 0.481 e. The summed E-state index contributed by atoms with van der Waals surface area (Å²) in [6.45, 7) is 2.12. The second kappa shape index (κ2) is 7.08. The van der Waals surface area contributed by atoms with Crippen LogP contribution in [0.5, 0.6) is 0 Å². The Labute approximate surface area is 101 Å². The lowest BCUT2D eigenvalue weighted by Crippen LogP contribution is -1.95. The predicted molar refractivity (Wildman–Crippen MR) is 63.9 cm³/mol. The summed E-state index contributed by atoms with van der Waals surface area (Å²) in [6, 6.07) is 0. The van der Waals surface area contributed by atoms with E-state index in [-0.39, 0.29) is 6.42 Å². The van der Waals surface area contributed by atoms with Crippen molar-refractivity contribution in [2.24, 2.45) is 0 Å². The average molecular weight is 264 g/mol. The number of aromatic nitrogens is 2. The molecule has 1 aromatic heterocycles. The molecule has 15 heavy (non-hydrogen) atoms. The zero-order valence-electron chi connectivity index (χ0n) is 8.30. The SMILES string of the molecule is CCCSc1nnc(SCCC(=O)O)s1. The van der Waals surface area contributed by atoms with Crippen molar-refractivity contribution in [3.8, 4) is 0 Å². The molecule has 0 atom stereocenters. The Morgan fingerprint density at radius 3 is 2.47 bits per heavy atom. The summed E-state index contributed by atoms with van der Waals surface area (Å²) < 4.78 is 1.82. The Bertz CT molecular complexity index is 317. The zero-order chi connectivity index (χ0) is 11.1. The fourth-order valence-electron chi connectivity index (χ4n) is 0.729. The van der Waals surface area contributed by atoms with Crippen molar-refractivity contribution in [1.82, 2.24) is 10.2 Å². The maximum absolute atomic E-state index is 10.3. The number of rotatable bonds is 7. The average Bonchev–Trinajstić information content (AvgIpc) is 2.62. The molecule has 0 aliphatic heterocycles. The zero-order valence-corrected chi connectivity index (χ0v) is 10.8. The molecule has 1 N–H and O–H groups in total. The fraction of sp³-hybridized carbons (Fsp3) is 0.625. The van der Waals surface area contributed by atoms with Crippen molar-refractivity contribution in [3.05, 3.63) is 0 Å². The van der Waals surface area contributed by atoms with Crippen molar-refractivity contribution in [1.29, 1.82) is 0 Å². The van der Waals surface area contributed by atoms with Gasteiger partial charge in [-0.15, -0.1) is 10.2 Å². The summed E-state index contributed by atoms with van der Waals surface area (Å²) in [5, 5.41) is 16.5. The lowest BCUT2D eigenvalue weighted by molar-refractivity contribution is -0.136. The summed E-state index contributed by atoms with van der Waals surface area (Å²) in [5.41, 5.74) is 0. The van der Waals surface area contributed by atoms with E-state index in [0.717, 1.165) is 20.9 Å². The Morgan fingerprint density at radius 1 is 1.33 bits per heavy atom. The van der Waals surface area contributed by atoms with E-state index < -0.39 is 5.97 Å². The molecule has 0 aromatic carbocycles. The van der Waals surface area contributed by atoms with Gasteiger partial charge in [-0.05, 0) is 6.42 Å². The van der Waals surface area contributed by atoms with Gasteiger partial charge in [-0.3, -0.25) is 4.79 Å². The number of thioether (sulfide) groups is 2. The number of hydrogen-bond donors (Lipinski definition) is 1. The van der Waals surface area contributed by atoms with Gasteiger partial charge in [0.1, 0.15) is 0 Å². The lowest BCUT2D eigenvalue weighted by Gasteiger charge is -1.91. The van der Waals surface area contributed by atoms with Gasteiger partial charge in [0, 0.05) is 11.5 Å². The van der Waals surface area contributed by atoms with E-state index in [1.54, 1.807) is 11.8 Å². The molecular formula is C8H12N2O2S3. The Balaban J connectivity index is 2.29. The van der Waals surface area contributed by atoms with Crippen LogP contribution in [0.2, 0.25) is 0 Å². The maximum atomic E-state index is 10.3. The van der Waals surface area contributed by atoms with Crippen LogP contribution < -0.4 is 0 Å². The van der Waals surface area contributed by atoms with Gasteiger partial charge < -0.3 is 5.11 Å². The van der Waals surface area contributed by atoms with Crippen molar-refractivity contribution in [2.75, 3.05) is 11.5 Å². The van der Waals surface area contributed by atoms with Gasteiger partial charge in [0.05, 0.1) is 6.42 Å². The molecule has 7 heteroatoms. The number of hydrogen-bond acceptors (Lipinski definition) is 6. The minimum Gasteiger partial charge on any atom is -0.481 e. The third-order valence-electron chi connectivity index (χ3n) is 1.36. The van der Waals surface area contributed by atoms with Gasteiger partial charge >= 0.3 is 5.97 Å². The van der Waals surface area contributed by atoms with E-state index in [0.29, 0.717) is 5.75 Å². The van der Waals surface area contributed by atoms with E-state index in [1.807, 2.05) is 0 Å². The smallest absolute Gasteiger partial charge is 0.304 e. The molecule has 1 aromatic rings. The van der Waals surface area contributed by atoms with Crippen LogP contribution in [0.4, 0.5) is 0 Å². The van der Waals surface area contributed by atoms with Crippen LogP contribution in [0.15, 0.2) is 8.68 Å². The summed E-state index contributed by atoms with van der Waals surface area (Å²) in [5.74, 6) is 0.837. The molecule has 0 aliphatic carbocycles. The van der Waals surface area contributed by atoms with Crippen molar-refractivity contribution in [3.63, 3.8) is 0 Å². The van der Waals surface area contributed by atoms with E-state index in [1.165, 1.54) is 23.1 Å². The molecule has 0 saturated carbocycles. The first-order valence-corrected chi connectivity index (χ1v) is 7.32. The van der Waals surface area contributed by atoms with E-state index in [9.17, 15) is 4.79 Å². The molecule has 0 bridgehead atoms. The number of carboxylic acids is 1. The Hall–Kier alpha value is -0.270. The van der Waals surface area contributed by atoms with Gasteiger partial charge in [-0.25, -0.2) is 0 Å². The van der Waals surface area contributed by atoms with E-state index >= 15 is 0 Å². The molecule has 0 fully saturated rings. The van der Waals surface area contributed by atoms with Crippen LogP contribution in [0.1, 0.15) is 19.8 Å². The molecule has 84 valence electrons. The number of aliphatic carboxylic acids is 1. The highest BCUT2D eigenvalue weighted by Gasteiger charge is 2.05. The third kappa shape index (κ3) is 5.39. The van der Waals surface area contributed by atoms with Crippen molar-refractivity contribution >= 4 is 40.8 Å².